The lowest BCUT2D eigenvalue weighted by atomic mass is 10.1. The van der Waals surface area contributed by atoms with Crippen molar-refractivity contribution in [2.45, 2.75) is 25.3 Å². The van der Waals surface area contributed by atoms with E-state index >= 15 is 0 Å². The molecule has 1 saturated heterocycles. The molecule has 0 amide bonds. The zero-order valence-corrected chi connectivity index (χ0v) is 18.3. The molecule has 3 aliphatic rings. The first-order valence-electron chi connectivity index (χ1n) is 10.8. The number of methoxy groups -OCH3 is 1. The Morgan fingerprint density at radius 3 is 2.84 bits per heavy atom. The number of hydrogen-bond acceptors (Lipinski definition) is 6. The summed E-state index contributed by atoms with van der Waals surface area (Å²) < 4.78 is 11.2. The quantitative estimate of drug-likeness (QED) is 0.657. The van der Waals surface area contributed by atoms with Crippen molar-refractivity contribution in [2.75, 3.05) is 33.3 Å². The molecule has 1 saturated carbocycles. The lowest BCUT2D eigenvalue weighted by Crippen LogP contribution is -2.56. The van der Waals surface area contributed by atoms with Crippen LogP contribution >= 0.6 is 11.6 Å². The average molecular weight is 440 g/mol. The smallest absolute Gasteiger partial charge is 0.307 e. The van der Waals surface area contributed by atoms with Gasteiger partial charge in [0.2, 0.25) is 0 Å². The van der Waals surface area contributed by atoms with Gasteiger partial charge in [0.25, 0.3) is 0 Å². The number of hydrogen-bond donors (Lipinski definition) is 0. The van der Waals surface area contributed by atoms with Crippen molar-refractivity contribution >= 4 is 29.1 Å². The molecule has 6 nitrogen and oxygen atoms in total. The summed E-state index contributed by atoms with van der Waals surface area (Å²) in [5.41, 5.74) is 1.66. The van der Waals surface area contributed by atoms with Crippen LogP contribution in [0.5, 0.6) is 11.5 Å². The number of carbonyl (C=O) groups is 1. The van der Waals surface area contributed by atoms with Crippen LogP contribution in [0.25, 0.3) is 0 Å². The second-order valence-corrected chi connectivity index (χ2v) is 8.90. The number of nitrogens with zero attached hydrogens (tertiary/aromatic N) is 3. The highest BCUT2D eigenvalue weighted by molar-refractivity contribution is 6.31. The van der Waals surface area contributed by atoms with Gasteiger partial charge in [-0.1, -0.05) is 23.7 Å². The molecule has 0 radical (unpaired) electrons. The summed E-state index contributed by atoms with van der Waals surface area (Å²) in [5.74, 6) is 2.91. The predicted octanol–water partition coefficient (Wildman–Crippen LogP) is 4.48. The molecule has 1 aliphatic carbocycles. The standard InChI is InChI=1S/C24H26ClN3O3/c1-30-23(29)13-18-15-28(11-10-27(18)14-16-6-7-16)24-19-4-2-3-5-21(19)31-22-9-8-17(25)12-20(22)26-24/h2-5,8-9,12,16,18H,6-7,10-11,13-15H2,1H3/t18-/m0/s1. The highest BCUT2D eigenvalue weighted by Gasteiger charge is 2.35. The van der Waals surface area contributed by atoms with Crippen molar-refractivity contribution in [2.24, 2.45) is 10.9 Å². The third-order valence-corrected chi connectivity index (χ3v) is 6.45. The van der Waals surface area contributed by atoms with E-state index in [0.29, 0.717) is 29.4 Å². The van der Waals surface area contributed by atoms with E-state index in [1.165, 1.54) is 20.0 Å². The van der Waals surface area contributed by atoms with Gasteiger partial charge in [0.05, 0.1) is 19.1 Å². The third kappa shape index (κ3) is 4.41. The fourth-order valence-electron chi connectivity index (χ4n) is 4.37. The normalized spacial score (nSPS) is 20.8. The molecule has 2 aromatic carbocycles. The molecule has 7 heteroatoms. The van der Waals surface area contributed by atoms with E-state index in [1.807, 2.05) is 42.5 Å². The van der Waals surface area contributed by atoms with Gasteiger partial charge in [0.15, 0.2) is 5.75 Å². The van der Waals surface area contributed by atoms with Crippen molar-refractivity contribution in [1.82, 2.24) is 9.80 Å². The summed E-state index contributed by atoms with van der Waals surface area (Å²) in [4.78, 5) is 21.9. The first kappa shape index (κ1) is 20.3. The number of amidine groups is 1. The molecule has 2 fully saturated rings. The maximum atomic E-state index is 12.1. The molecule has 0 N–H and O–H groups in total. The molecular weight excluding hydrogens is 414 g/mol. The van der Waals surface area contributed by atoms with Crippen LogP contribution in [-0.2, 0) is 9.53 Å². The van der Waals surface area contributed by atoms with Crippen molar-refractivity contribution in [3.63, 3.8) is 0 Å². The van der Waals surface area contributed by atoms with Crippen molar-refractivity contribution in [1.29, 1.82) is 0 Å². The molecular formula is C24H26ClN3O3. The Morgan fingerprint density at radius 2 is 2.03 bits per heavy atom. The second kappa shape index (κ2) is 8.52. The molecule has 2 aromatic rings. The van der Waals surface area contributed by atoms with Crippen LogP contribution in [0.1, 0.15) is 24.8 Å². The molecule has 2 heterocycles. The molecule has 31 heavy (non-hydrogen) atoms. The Morgan fingerprint density at radius 1 is 1.19 bits per heavy atom. The number of carbonyl (C=O) groups excluding carboxylic acids is 1. The molecule has 2 aliphatic heterocycles. The van der Waals surface area contributed by atoms with E-state index in [-0.39, 0.29) is 12.0 Å². The maximum Gasteiger partial charge on any atom is 0.307 e. The van der Waals surface area contributed by atoms with Crippen LogP contribution in [0.4, 0.5) is 5.69 Å². The second-order valence-electron chi connectivity index (χ2n) is 8.46. The van der Waals surface area contributed by atoms with Crippen LogP contribution in [0.3, 0.4) is 0 Å². The number of aliphatic imine (C=N–C) groups is 1. The zero-order chi connectivity index (χ0) is 21.4. The van der Waals surface area contributed by atoms with E-state index < -0.39 is 0 Å². The number of halogens is 1. The first-order chi connectivity index (χ1) is 15.1. The summed E-state index contributed by atoms with van der Waals surface area (Å²) in [7, 11) is 1.46. The Bertz CT molecular complexity index is 1020. The monoisotopic (exact) mass is 439 g/mol. The van der Waals surface area contributed by atoms with Gasteiger partial charge in [-0.25, -0.2) is 4.99 Å². The zero-order valence-electron chi connectivity index (χ0n) is 17.6. The fourth-order valence-corrected chi connectivity index (χ4v) is 4.53. The van der Waals surface area contributed by atoms with Gasteiger partial charge in [-0.15, -0.1) is 0 Å². The highest BCUT2D eigenvalue weighted by Crippen LogP contribution is 2.40. The minimum Gasteiger partial charge on any atom is -0.469 e. The minimum atomic E-state index is -0.170. The fraction of sp³-hybridized carbons (Fsp3) is 0.417. The van der Waals surface area contributed by atoms with Gasteiger partial charge < -0.3 is 14.4 Å². The summed E-state index contributed by atoms with van der Waals surface area (Å²) in [6, 6.07) is 13.6. The van der Waals surface area contributed by atoms with Gasteiger partial charge in [-0.3, -0.25) is 9.69 Å². The number of rotatable bonds is 4. The summed E-state index contributed by atoms with van der Waals surface area (Å²) >= 11 is 6.25. The van der Waals surface area contributed by atoms with Gasteiger partial charge in [0, 0.05) is 37.2 Å². The molecule has 1 atom stereocenters. The van der Waals surface area contributed by atoms with E-state index in [1.54, 1.807) is 0 Å². The summed E-state index contributed by atoms with van der Waals surface area (Å²) in [6.45, 7) is 3.50. The van der Waals surface area contributed by atoms with E-state index in [0.717, 1.165) is 42.7 Å². The molecule has 0 unspecified atom stereocenters. The van der Waals surface area contributed by atoms with E-state index in [4.69, 9.17) is 26.1 Å². The molecule has 0 aromatic heterocycles. The number of esters is 1. The first-order valence-corrected chi connectivity index (χ1v) is 11.2. The van der Waals surface area contributed by atoms with Crippen molar-refractivity contribution in [3.8, 4) is 11.5 Å². The number of benzene rings is 2. The Labute approximate surface area is 187 Å². The van der Waals surface area contributed by atoms with Crippen molar-refractivity contribution in [3.05, 3.63) is 53.1 Å². The average Bonchev–Trinajstić information content (AvgIpc) is 3.60. The Balaban J connectivity index is 1.49. The van der Waals surface area contributed by atoms with Gasteiger partial charge in [-0.2, -0.15) is 0 Å². The molecule has 0 bridgehead atoms. The minimum absolute atomic E-state index is 0.0969. The van der Waals surface area contributed by atoms with Gasteiger partial charge in [0.1, 0.15) is 17.3 Å². The highest BCUT2D eigenvalue weighted by atomic mass is 35.5. The Hall–Kier alpha value is -2.57. The van der Waals surface area contributed by atoms with Crippen LogP contribution in [-0.4, -0.2) is 60.9 Å². The molecule has 0 spiro atoms. The number of fused-ring (bicyclic) bond motifs is 2. The predicted molar refractivity (Wildman–Crippen MR) is 120 cm³/mol. The lowest BCUT2D eigenvalue weighted by molar-refractivity contribution is -0.142. The summed E-state index contributed by atoms with van der Waals surface area (Å²) in [5, 5.41) is 0.620. The third-order valence-electron chi connectivity index (χ3n) is 6.22. The van der Waals surface area contributed by atoms with Crippen LogP contribution in [0.15, 0.2) is 47.5 Å². The van der Waals surface area contributed by atoms with Crippen LogP contribution < -0.4 is 4.74 Å². The summed E-state index contributed by atoms with van der Waals surface area (Å²) in [6.07, 6.45) is 2.97. The topological polar surface area (TPSA) is 54.4 Å². The molecule has 5 rings (SSSR count). The van der Waals surface area contributed by atoms with Crippen LogP contribution in [0, 0.1) is 5.92 Å². The van der Waals surface area contributed by atoms with Gasteiger partial charge >= 0.3 is 5.97 Å². The SMILES string of the molecule is COC(=O)C[C@H]1CN(C2=Nc3cc(Cl)ccc3Oc3ccccc32)CCN1CC1CC1. The number of piperazine rings is 1. The van der Waals surface area contributed by atoms with E-state index in [9.17, 15) is 4.79 Å². The maximum absolute atomic E-state index is 12.1. The lowest BCUT2D eigenvalue weighted by Gasteiger charge is -2.42. The Kier molecular flexibility index (Phi) is 5.59. The largest absolute Gasteiger partial charge is 0.469 e. The van der Waals surface area contributed by atoms with Crippen LogP contribution in [0.2, 0.25) is 5.02 Å². The van der Waals surface area contributed by atoms with Gasteiger partial charge in [-0.05, 0) is 49.1 Å². The number of ether oxygens (including phenoxy) is 2. The number of para-hydroxylation sites is 1. The van der Waals surface area contributed by atoms with E-state index in [2.05, 4.69) is 9.80 Å². The van der Waals surface area contributed by atoms with Crippen molar-refractivity contribution < 1.29 is 14.3 Å². The molecule has 162 valence electrons.